The minimum Gasteiger partial charge on any atom is -0.335 e. The van der Waals surface area contributed by atoms with E-state index in [9.17, 15) is 9.59 Å². The van der Waals surface area contributed by atoms with Crippen molar-refractivity contribution in [2.45, 2.75) is 45.1 Å². The lowest BCUT2D eigenvalue weighted by molar-refractivity contribution is -0.124. The molecule has 1 atom stereocenters. The molecule has 2 aliphatic rings. The second-order valence-corrected chi connectivity index (χ2v) is 4.99. The summed E-state index contributed by atoms with van der Waals surface area (Å²) >= 11 is 0. The highest BCUT2D eigenvalue weighted by molar-refractivity contribution is 5.84. The van der Waals surface area contributed by atoms with E-state index >= 15 is 0 Å². The number of hydrogen-bond donors (Lipinski definition) is 1. The quantitative estimate of drug-likeness (QED) is 0.734. The van der Waals surface area contributed by atoms with Gasteiger partial charge in [0.25, 0.3) is 0 Å². The maximum atomic E-state index is 11.9. The van der Waals surface area contributed by atoms with Crippen LogP contribution in [-0.2, 0) is 4.79 Å². The Balaban J connectivity index is 1.82. The Morgan fingerprint density at radius 1 is 1.38 bits per heavy atom. The van der Waals surface area contributed by atoms with Gasteiger partial charge in [-0.3, -0.25) is 4.79 Å². The van der Waals surface area contributed by atoms with E-state index in [0.29, 0.717) is 25.6 Å². The molecule has 2 rings (SSSR count). The molecular formula is C12H20N2O2. The predicted molar refractivity (Wildman–Crippen MR) is 61.1 cm³/mol. The number of Topliss-reactive ketones (excluding diaryl/α,β-unsaturated/α-hetero) is 1. The zero-order chi connectivity index (χ0) is 11.5. The van der Waals surface area contributed by atoms with E-state index in [-0.39, 0.29) is 17.7 Å². The summed E-state index contributed by atoms with van der Waals surface area (Å²) < 4.78 is 0. The second-order valence-electron chi connectivity index (χ2n) is 4.99. The third kappa shape index (κ3) is 2.54. The number of carbonyl (C=O) groups is 2. The third-order valence-electron chi connectivity index (χ3n) is 3.64. The summed E-state index contributed by atoms with van der Waals surface area (Å²) in [7, 11) is 0. The Bertz CT molecular complexity index is 285. The summed E-state index contributed by atoms with van der Waals surface area (Å²) in [6.45, 7) is 3.07. The van der Waals surface area contributed by atoms with Crippen LogP contribution in [0.4, 0.5) is 4.79 Å². The van der Waals surface area contributed by atoms with Crippen LogP contribution >= 0.6 is 0 Å². The number of urea groups is 1. The van der Waals surface area contributed by atoms with Crippen molar-refractivity contribution in [2.24, 2.45) is 5.92 Å². The lowest BCUT2D eigenvalue weighted by Crippen LogP contribution is -2.49. The lowest BCUT2D eigenvalue weighted by Gasteiger charge is -2.31. The van der Waals surface area contributed by atoms with Crippen LogP contribution in [0.25, 0.3) is 0 Å². The number of ketones is 1. The largest absolute Gasteiger partial charge is 0.335 e. The minimum atomic E-state index is 0.00285. The molecule has 0 bridgehead atoms. The van der Waals surface area contributed by atoms with Crippen molar-refractivity contribution in [3.05, 3.63) is 0 Å². The lowest BCUT2D eigenvalue weighted by atomic mass is 9.99. The molecule has 0 spiro atoms. The molecule has 1 aliphatic carbocycles. The Hall–Kier alpha value is -1.06. The highest BCUT2D eigenvalue weighted by Gasteiger charge is 2.28. The summed E-state index contributed by atoms with van der Waals surface area (Å²) in [6.07, 6.45) is 5.17. The van der Waals surface area contributed by atoms with E-state index in [1.165, 1.54) is 12.8 Å². The summed E-state index contributed by atoms with van der Waals surface area (Å²) in [4.78, 5) is 25.0. The molecule has 1 saturated heterocycles. The van der Waals surface area contributed by atoms with E-state index < -0.39 is 0 Å². The number of rotatable bonds is 1. The highest BCUT2D eigenvalue weighted by atomic mass is 16.2. The maximum absolute atomic E-state index is 11.9. The van der Waals surface area contributed by atoms with Gasteiger partial charge in [0.2, 0.25) is 0 Å². The highest BCUT2D eigenvalue weighted by Crippen LogP contribution is 2.18. The molecule has 1 heterocycles. The van der Waals surface area contributed by atoms with Crippen molar-refractivity contribution in [1.29, 1.82) is 0 Å². The van der Waals surface area contributed by atoms with Crippen molar-refractivity contribution in [3.8, 4) is 0 Å². The van der Waals surface area contributed by atoms with E-state index in [1.54, 1.807) is 4.90 Å². The molecule has 0 radical (unpaired) electrons. The molecule has 2 amide bonds. The van der Waals surface area contributed by atoms with Gasteiger partial charge in [-0.15, -0.1) is 0 Å². The smallest absolute Gasteiger partial charge is 0.317 e. The Morgan fingerprint density at radius 3 is 2.69 bits per heavy atom. The Kier molecular flexibility index (Phi) is 3.46. The SMILES string of the molecule is CC1CN(C(=O)NC2CCCC2)CCC1=O. The van der Waals surface area contributed by atoms with Gasteiger partial charge in [-0.2, -0.15) is 0 Å². The van der Waals surface area contributed by atoms with Crippen molar-refractivity contribution in [2.75, 3.05) is 13.1 Å². The molecule has 1 N–H and O–H groups in total. The van der Waals surface area contributed by atoms with Crippen molar-refractivity contribution >= 4 is 11.8 Å². The fourth-order valence-corrected chi connectivity index (χ4v) is 2.54. The van der Waals surface area contributed by atoms with E-state index in [0.717, 1.165) is 12.8 Å². The molecule has 16 heavy (non-hydrogen) atoms. The fourth-order valence-electron chi connectivity index (χ4n) is 2.54. The maximum Gasteiger partial charge on any atom is 0.317 e. The number of amides is 2. The predicted octanol–water partition coefficient (Wildman–Crippen LogP) is 1.55. The van der Waals surface area contributed by atoms with Gasteiger partial charge >= 0.3 is 6.03 Å². The first-order valence-corrected chi connectivity index (χ1v) is 6.25. The molecule has 1 unspecified atom stereocenters. The topological polar surface area (TPSA) is 49.4 Å². The number of hydrogen-bond acceptors (Lipinski definition) is 2. The van der Waals surface area contributed by atoms with Crippen LogP contribution in [0.15, 0.2) is 0 Å². The molecular weight excluding hydrogens is 204 g/mol. The fraction of sp³-hybridized carbons (Fsp3) is 0.833. The van der Waals surface area contributed by atoms with Gasteiger partial charge in [-0.05, 0) is 12.8 Å². The molecule has 1 saturated carbocycles. The average Bonchev–Trinajstić information content (AvgIpc) is 2.74. The molecule has 4 heteroatoms. The average molecular weight is 224 g/mol. The summed E-state index contributed by atoms with van der Waals surface area (Å²) in [5.41, 5.74) is 0. The van der Waals surface area contributed by atoms with E-state index in [4.69, 9.17) is 0 Å². The number of nitrogens with zero attached hydrogens (tertiary/aromatic N) is 1. The third-order valence-corrected chi connectivity index (χ3v) is 3.64. The first-order valence-electron chi connectivity index (χ1n) is 6.25. The van der Waals surface area contributed by atoms with E-state index in [2.05, 4.69) is 5.32 Å². The zero-order valence-corrected chi connectivity index (χ0v) is 9.87. The standard InChI is InChI=1S/C12H20N2O2/c1-9-8-14(7-6-11(9)15)12(16)13-10-4-2-3-5-10/h9-10H,2-8H2,1H3,(H,13,16). The molecule has 90 valence electrons. The van der Waals surface area contributed by atoms with Gasteiger partial charge in [0.05, 0.1) is 0 Å². The number of likely N-dealkylation sites (tertiary alicyclic amines) is 1. The van der Waals surface area contributed by atoms with Crippen molar-refractivity contribution in [3.63, 3.8) is 0 Å². The first-order chi connectivity index (χ1) is 7.66. The second kappa shape index (κ2) is 4.85. The zero-order valence-electron chi connectivity index (χ0n) is 9.87. The van der Waals surface area contributed by atoms with Crippen LogP contribution in [0.2, 0.25) is 0 Å². The van der Waals surface area contributed by atoms with Crippen LogP contribution in [0, 0.1) is 5.92 Å². The molecule has 0 aromatic carbocycles. The number of nitrogens with one attached hydrogen (secondary N) is 1. The molecule has 2 fully saturated rings. The summed E-state index contributed by atoms with van der Waals surface area (Å²) in [6, 6.07) is 0.381. The van der Waals surface area contributed by atoms with Gasteiger partial charge in [-0.1, -0.05) is 19.8 Å². The van der Waals surface area contributed by atoms with Crippen LogP contribution < -0.4 is 5.32 Å². The van der Waals surface area contributed by atoms with E-state index in [1.807, 2.05) is 6.92 Å². The molecule has 0 aromatic rings. The summed E-state index contributed by atoms with van der Waals surface area (Å²) in [5.74, 6) is 0.285. The van der Waals surface area contributed by atoms with Crippen LogP contribution in [0.1, 0.15) is 39.0 Å². The Morgan fingerprint density at radius 2 is 2.06 bits per heavy atom. The minimum absolute atomic E-state index is 0.00285. The van der Waals surface area contributed by atoms with Gasteiger partial charge in [-0.25, -0.2) is 4.79 Å². The van der Waals surface area contributed by atoms with Crippen LogP contribution in [0.3, 0.4) is 0 Å². The van der Waals surface area contributed by atoms with Crippen LogP contribution in [-0.4, -0.2) is 35.8 Å². The van der Waals surface area contributed by atoms with Crippen molar-refractivity contribution < 1.29 is 9.59 Å². The Labute approximate surface area is 96.4 Å². The van der Waals surface area contributed by atoms with Gasteiger partial charge in [0.1, 0.15) is 5.78 Å². The first kappa shape index (κ1) is 11.4. The summed E-state index contributed by atoms with van der Waals surface area (Å²) in [5, 5.41) is 3.06. The number of piperidine rings is 1. The monoisotopic (exact) mass is 224 g/mol. The van der Waals surface area contributed by atoms with Gasteiger partial charge in [0, 0.05) is 31.5 Å². The van der Waals surface area contributed by atoms with Gasteiger partial charge < -0.3 is 10.2 Å². The van der Waals surface area contributed by atoms with Crippen molar-refractivity contribution in [1.82, 2.24) is 10.2 Å². The molecule has 4 nitrogen and oxygen atoms in total. The number of carbonyl (C=O) groups excluding carboxylic acids is 2. The van der Waals surface area contributed by atoms with Crippen LogP contribution in [0.5, 0.6) is 0 Å². The van der Waals surface area contributed by atoms with Gasteiger partial charge in [0.15, 0.2) is 0 Å². The molecule has 1 aliphatic heterocycles. The molecule has 0 aromatic heterocycles. The normalized spacial score (nSPS) is 27.2.